The normalized spacial score (nSPS) is 15.2. The van der Waals surface area contributed by atoms with Crippen molar-refractivity contribution in [1.82, 2.24) is 19.9 Å². The second-order valence-electron chi connectivity index (χ2n) is 7.95. The molecule has 1 fully saturated rings. The van der Waals surface area contributed by atoms with Gasteiger partial charge in [0.15, 0.2) is 5.13 Å². The molecular weight excluding hydrogens is 454 g/mol. The highest BCUT2D eigenvalue weighted by molar-refractivity contribution is 7.17. The molecule has 3 aromatic heterocycles. The predicted octanol–water partition coefficient (Wildman–Crippen LogP) is 3.78. The van der Waals surface area contributed by atoms with E-state index in [2.05, 4.69) is 30.6 Å². The lowest BCUT2D eigenvalue weighted by atomic mass is 10.2. The number of ether oxygens (including phenoxy) is 2. The monoisotopic (exact) mass is 483 g/mol. The number of esters is 1. The van der Waals surface area contributed by atoms with Crippen LogP contribution in [0.25, 0.3) is 0 Å². The molecule has 3 aromatic rings. The lowest BCUT2D eigenvalue weighted by Crippen LogP contribution is -2.21. The Morgan fingerprint density at radius 1 is 1.35 bits per heavy atom. The Morgan fingerprint density at radius 2 is 2.24 bits per heavy atom. The number of aromatic nitrogens is 4. The van der Waals surface area contributed by atoms with E-state index in [0.29, 0.717) is 47.2 Å². The van der Waals surface area contributed by atoms with Crippen molar-refractivity contribution in [3.8, 4) is 0 Å². The number of nitrogens with one attached hydrogen (secondary N) is 2. The number of hydrogen-bond donors (Lipinski definition) is 2. The van der Waals surface area contributed by atoms with E-state index in [0.717, 1.165) is 30.8 Å². The van der Waals surface area contributed by atoms with Crippen molar-refractivity contribution in [3.05, 3.63) is 46.7 Å². The summed E-state index contributed by atoms with van der Waals surface area (Å²) in [5.41, 5.74) is 1.68. The molecule has 4 rings (SSSR count). The van der Waals surface area contributed by atoms with Crippen LogP contribution in [0.3, 0.4) is 0 Å². The van der Waals surface area contributed by atoms with Crippen molar-refractivity contribution in [2.75, 3.05) is 42.3 Å². The topological polar surface area (TPSA) is 114 Å². The molecule has 0 bridgehead atoms. The summed E-state index contributed by atoms with van der Waals surface area (Å²) in [6.45, 7) is 5.98. The number of carbonyl (C=O) groups excluding carboxylic acids is 1. The molecule has 2 N–H and O–H groups in total. The van der Waals surface area contributed by atoms with Crippen molar-refractivity contribution in [2.24, 2.45) is 0 Å². The van der Waals surface area contributed by atoms with E-state index in [4.69, 9.17) is 9.47 Å². The maximum absolute atomic E-state index is 12.2. The highest BCUT2D eigenvalue weighted by Crippen LogP contribution is 2.27. The van der Waals surface area contributed by atoms with Gasteiger partial charge in [-0.15, -0.1) is 0 Å². The summed E-state index contributed by atoms with van der Waals surface area (Å²) in [6.07, 6.45) is 5.88. The third-order valence-electron chi connectivity index (χ3n) is 5.26. The Kier molecular flexibility index (Phi) is 7.86. The molecule has 1 aliphatic rings. The largest absolute Gasteiger partial charge is 0.462 e. The third kappa shape index (κ3) is 6.17. The van der Waals surface area contributed by atoms with Gasteiger partial charge in [0.05, 0.1) is 18.4 Å². The van der Waals surface area contributed by atoms with Crippen LogP contribution >= 0.6 is 11.3 Å². The van der Waals surface area contributed by atoms with Crippen LogP contribution in [0.2, 0.25) is 0 Å². The van der Waals surface area contributed by atoms with Gasteiger partial charge in [-0.3, -0.25) is 10.3 Å². The predicted molar refractivity (Wildman–Crippen MR) is 132 cm³/mol. The van der Waals surface area contributed by atoms with Gasteiger partial charge in [-0.05, 0) is 38.3 Å². The van der Waals surface area contributed by atoms with Crippen LogP contribution in [0.4, 0.5) is 22.7 Å². The first-order valence-electron chi connectivity index (χ1n) is 11.3. The number of thiazole rings is 1. The van der Waals surface area contributed by atoms with Gasteiger partial charge in [0, 0.05) is 45.2 Å². The number of rotatable bonds is 10. The highest BCUT2D eigenvalue weighted by atomic mass is 32.1. The van der Waals surface area contributed by atoms with Crippen LogP contribution in [0.1, 0.15) is 40.7 Å². The van der Waals surface area contributed by atoms with Gasteiger partial charge in [0.2, 0.25) is 5.95 Å². The molecule has 1 unspecified atom stereocenters. The highest BCUT2D eigenvalue weighted by Gasteiger charge is 2.19. The van der Waals surface area contributed by atoms with Gasteiger partial charge < -0.3 is 19.7 Å². The van der Waals surface area contributed by atoms with E-state index in [9.17, 15) is 4.79 Å². The Morgan fingerprint density at radius 3 is 2.97 bits per heavy atom. The van der Waals surface area contributed by atoms with E-state index in [1.165, 1.54) is 11.3 Å². The molecule has 34 heavy (non-hydrogen) atoms. The molecular formula is C23H29N7O3S. The molecule has 0 saturated carbocycles. The second-order valence-corrected chi connectivity index (χ2v) is 8.95. The maximum Gasteiger partial charge on any atom is 0.350 e. The minimum atomic E-state index is -0.379. The van der Waals surface area contributed by atoms with Crippen LogP contribution in [0, 0.1) is 6.92 Å². The number of anilines is 4. The van der Waals surface area contributed by atoms with Crippen LogP contribution in [-0.2, 0) is 16.0 Å². The minimum Gasteiger partial charge on any atom is -0.462 e. The molecule has 10 nitrogen and oxygen atoms in total. The number of hydrogen-bond acceptors (Lipinski definition) is 11. The lowest BCUT2D eigenvalue weighted by Gasteiger charge is -2.20. The van der Waals surface area contributed by atoms with Gasteiger partial charge in [-0.1, -0.05) is 17.4 Å². The van der Waals surface area contributed by atoms with E-state index >= 15 is 0 Å². The Balaban J connectivity index is 1.56. The second kappa shape index (κ2) is 11.2. The van der Waals surface area contributed by atoms with Crippen molar-refractivity contribution < 1.29 is 14.3 Å². The molecule has 0 radical (unpaired) electrons. The number of aryl methyl sites for hydroxylation is 1. The van der Waals surface area contributed by atoms with Crippen molar-refractivity contribution >= 4 is 40.0 Å². The molecule has 1 saturated heterocycles. The number of nitrogens with zero attached hydrogens (tertiary/aromatic N) is 5. The first kappa shape index (κ1) is 23.8. The van der Waals surface area contributed by atoms with E-state index in [1.54, 1.807) is 20.0 Å². The molecule has 0 amide bonds. The van der Waals surface area contributed by atoms with Crippen molar-refractivity contribution in [2.45, 2.75) is 39.3 Å². The average molecular weight is 484 g/mol. The van der Waals surface area contributed by atoms with Gasteiger partial charge in [-0.2, -0.15) is 9.97 Å². The molecule has 1 aliphatic heterocycles. The van der Waals surface area contributed by atoms with Crippen LogP contribution in [0.15, 0.2) is 30.6 Å². The first-order valence-corrected chi connectivity index (χ1v) is 12.1. The summed E-state index contributed by atoms with van der Waals surface area (Å²) in [5.74, 6) is 1.42. The van der Waals surface area contributed by atoms with E-state index < -0.39 is 0 Å². The van der Waals surface area contributed by atoms with Crippen LogP contribution < -0.4 is 15.5 Å². The van der Waals surface area contributed by atoms with Gasteiger partial charge in [0.1, 0.15) is 16.5 Å². The lowest BCUT2D eigenvalue weighted by molar-refractivity contribution is 0.0531. The molecule has 180 valence electrons. The van der Waals surface area contributed by atoms with Gasteiger partial charge in [-0.25, -0.2) is 9.78 Å². The maximum atomic E-state index is 12.2. The first-order chi connectivity index (χ1) is 16.5. The molecule has 0 spiro atoms. The minimum absolute atomic E-state index is 0.177. The molecule has 0 aliphatic carbocycles. The summed E-state index contributed by atoms with van der Waals surface area (Å²) < 4.78 is 10.8. The van der Waals surface area contributed by atoms with Crippen LogP contribution in [0.5, 0.6) is 0 Å². The Labute approximate surface area is 202 Å². The summed E-state index contributed by atoms with van der Waals surface area (Å²) in [4.78, 5) is 32.6. The standard InChI is InChI=1S/C23H29N7O3S/c1-4-32-21(31)20-15(2)26-23(34-20)29-22-27-18(25-13-17-8-6-10-33-17)11-19(28-22)30(3)14-16-7-5-9-24-12-16/h5,7,9,11-12,17H,4,6,8,10,13-14H2,1-3H3,(H2,25,26,27,28,29). The zero-order chi connectivity index (χ0) is 23.9. The zero-order valence-electron chi connectivity index (χ0n) is 19.6. The van der Waals surface area contributed by atoms with Crippen molar-refractivity contribution in [1.29, 1.82) is 0 Å². The molecule has 11 heteroatoms. The smallest absolute Gasteiger partial charge is 0.350 e. The zero-order valence-corrected chi connectivity index (χ0v) is 20.4. The Hall–Kier alpha value is -3.31. The fourth-order valence-electron chi connectivity index (χ4n) is 3.58. The van der Waals surface area contributed by atoms with Crippen LogP contribution in [-0.4, -0.2) is 58.8 Å². The summed E-state index contributed by atoms with van der Waals surface area (Å²) in [6, 6.07) is 5.85. The molecule has 0 aromatic carbocycles. The van der Waals surface area contributed by atoms with Crippen molar-refractivity contribution in [3.63, 3.8) is 0 Å². The fourth-order valence-corrected chi connectivity index (χ4v) is 4.43. The summed E-state index contributed by atoms with van der Waals surface area (Å²) in [5, 5.41) is 7.06. The SMILES string of the molecule is CCOC(=O)c1sc(Nc2nc(NCC3CCCO3)cc(N(C)Cc3cccnc3)n2)nc1C. The van der Waals surface area contributed by atoms with Gasteiger partial charge in [0.25, 0.3) is 0 Å². The van der Waals surface area contributed by atoms with E-state index in [-0.39, 0.29) is 12.1 Å². The third-order valence-corrected chi connectivity index (χ3v) is 6.31. The molecule has 1 atom stereocenters. The van der Waals surface area contributed by atoms with E-state index in [1.807, 2.05) is 36.3 Å². The average Bonchev–Trinajstić information content (AvgIpc) is 3.48. The summed E-state index contributed by atoms with van der Waals surface area (Å²) >= 11 is 1.22. The fraction of sp³-hybridized carbons (Fsp3) is 0.435. The Bertz CT molecular complexity index is 1100. The quantitative estimate of drug-likeness (QED) is 0.413. The summed E-state index contributed by atoms with van der Waals surface area (Å²) in [7, 11) is 1.97. The number of carbonyl (C=O) groups is 1. The van der Waals surface area contributed by atoms with Gasteiger partial charge >= 0.3 is 5.97 Å². The number of pyridine rings is 1. The molecule has 4 heterocycles.